The van der Waals surface area contributed by atoms with Crippen molar-refractivity contribution in [2.75, 3.05) is 31.1 Å². The molecule has 1 amide bonds. The third-order valence-corrected chi connectivity index (χ3v) is 6.09. The summed E-state index contributed by atoms with van der Waals surface area (Å²) in [7, 11) is 0. The number of carbonyl (C=O) groups excluding carboxylic acids is 1. The van der Waals surface area contributed by atoms with Crippen LogP contribution >= 0.6 is 0 Å². The summed E-state index contributed by atoms with van der Waals surface area (Å²) in [5, 5.41) is 0. The van der Waals surface area contributed by atoms with Crippen molar-refractivity contribution in [3.05, 3.63) is 71.4 Å². The summed E-state index contributed by atoms with van der Waals surface area (Å²) in [5.74, 6) is 2.61. The number of para-hydroxylation sites is 1. The fourth-order valence-electron chi connectivity index (χ4n) is 4.20. The minimum absolute atomic E-state index is 0.000216. The molecule has 7 heteroatoms. The number of aromatic nitrogens is 2. The summed E-state index contributed by atoms with van der Waals surface area (Å²) in [5.41, 5.74) is 3.00. The molecule has 0 atom stereocenters. The molecule has 2 aliphatic heterocycles. The van der Waals surface area contributed by atoms with Crippen LogP contribution in [0.2, 0.25) is 0 Å². The summed E-state index contributed by atoms with van der Waals surface area (Å²) in [4.78, 5) is 26.6. The van der Waals surface area contributed by atoms with Gasteiger partial charge in [0.05, 0.1) is 17.8 Å². The Bertz CT molecular complexity index is 1110. The predicted octanol–water partition coefficient (Wildman–Crippen LogP) is 4.14. The molecule has 0 spiro atoms. The average molecular weight is 445 g/mol. The maximum Gasteiger partial charge on any atom is 0.260 e. The highest BCUT2D eigenvalue weighted by Gasteiger charge is 2.28. The molecular weight excluding hydrogens is 416 g/mol. The lowest BCUT2D eigenvalue weighted by atomic mass is 10.1. The summed E-state index contributed by atoms with van der Waals surface area (Å²) in [6.45, 7) is 4.98. The molecule has 1 saturated heterocycles. The van der Waals surface area contributed by atoms with E-state index in [4.69, 9.17) is 19.4 Å². The number of ether oxygens (including phenoxy) is 2. The second kappa shape index (κ2) is 9.48. The monoisotopic (exact) mass is 444 g/mol. The van der Waals surface area contributed by atoms with Gasteiger partial charge in [-0.15, -0.1) is 0 Å². The zero-order chi connectivity index (χ0) is 22.6. The maximum absolute atomic E-state index is 12.9. The van der Waals surface area contributed by atoms with Crippen LogP contribution in [0.4, 0.5) is 5.95 Å². The highest BCUT2D eigenvalue weighted by Crippen LogP contribution is 2.32. The maximum atomic E-state index is 12.9. The summed E-state index contributed by atoms with van der Waals surface area (Å²) in [6.07, 6.45) is 2.97. The first kappa shape index (κ1) is 21.2. The lowest BCUT2D eigenvalue weighted by Crippen LogP contribution is -2.39. The number of aryl methyl sites for hydroxylation is 1. The van der Waals surface area contributed by atoms with Crippen molar-refractivity contribution in [2.24, 2.45) is 0 Å². The molecule has 0 unspecified atom stereocenters. The number of amides is 1. The first-order valence-corrected chi connectivity index (χ1v) is 11.5. The fourth-order valence-corrected chi connectivity index (χ4v) is 4.20. The molecule has 170 valence electrons. The van der Waals surface area contributed by atoms with Crippen LogP contribution in [-0.4, -0.2) is 47.0 Å². The van der Waals surface area contributed by atoms with E-state index in [1.54, 1.807) is 4.90 Å². The van der Waals surface area contributed by atoms with Crippen LogP contribution in [-0.2, 0) is 17.8 Å². The Morgan fingerprint density at radius 1 is 0.939 bits per heavy atom. The van der Waals surface area contributed by atoms with Crippen LogP contribution in [0.3, 0.4) is 0 Å². The molecule has 7 nitrogen and oxygen atoms in total. The number of hydrogen-bond donors (Lipinski definition) is 0. The Kier molecular flexibility index (Phi) is 6.11. The number of benzene rings is 2. The second-order valence-electron chi connectivity index (χ2n) is 8.53. The van der Waals surface area contributed by atoms with E-state index in [0.717, 1.165) is 48.9 Å². The van der Waals surface area contributed by atoms with E-state index in [9.17, 15) is 4.79 Å². The van der Waals surface area contributed by atoms with Crippen LogP contribution in [0.15, 0.2) is 54.6 Å². The quantitative estimate of drug-likeness (QED) is 0.569. The number of anilines is 1. The summed E-state index contributed by atoms with van der Waals surface area (Å²) >= 11 is 0. The van der Waals surface area contributed by atoms with Crippen LogP contribution in [0.5, 0.6) is 17.4 Å². The van der Waals surface area contributed by atoms with Gasteiger partial charge in [0.25, 0.3) is 5.91 Å². The smallest absolute Gasteiger partial charge is 0.260 e. The number of hydrogen-bond acceptors (Lipinski definition) is 6. The Hall–Kier alpha value is -3.61. The van der Waals surface area contributed by atoms with Gasteiger partial charge in [-0.25, -0.2) is 4.98 Å². The van der Waals surface area contributed by atoms with Crippen molar-refractivity contribution in [3.8, 4) is 17.4 Å². The van der Waals surface area contributed by atoms with Crippen molar-refractivity contribution >= 4 is 11.9 Å². The molecular formula is C26H28N4O3. The third kappa shape index (κ3) is 4.92. The molecule has 33 heavy (non-hydrogen) atoms. The molecule has 0 aliphatic carbocycles. The Morgan fingerprint density at radius 2 is 1.70 bits per heavy atom. The minimum Gasteiger partial charge on any atom is -0.484 e. The number of fused-ring (bicyclic) bond motifs is 1. The minimum atomic E-state index is -0.0607. The number of rotatable bonds is 6. The molecule has 3 heterocycles. The van der Waals surface area contributed by atoms with Gasteiger partial charge >= 0.3 is 0 Å². The van der Waals surface area contributed by atoms with Crippen molar-refractivity contribution in [3.63, 3.8) is 0 Å². The summed E-state index contributed by atoms with van der Waals surface area (Å²) in [6, 6.07) is 17.3. The van der Waals surface area contributed by atoms with E-state index in [-0.39, 0.29) is 12.5 Å². The van der Waals surface area contributed by atoms with Gasteiger partial charge in [0.2, 0.25) is 11.8 Å². The third-order valence-electron chi connectivity index (χ3n) is 6.09. The van der Waals surface area contributed by atoms with Gasteiger partial charge in [-0.3, -0.25) is 4.79 Å². The Balaban J connectivity index is 1.38. The highest BCUT2D eigenvalue weighted by atomic mass is 16.5. The molecule has 3 aromatic rings. The van der Waals surface area contributed by atoms with Crippen molar-refractivity contribution in [1.82, 2.24) is 14.9 Å². The number of carbonyl (C=O) groups is 1. The topological polar surface area (TPSA) is 67.8 Å². The van der Waals surface area contributed by atoms with E-state index in [0.29, 0.717) is 31.1 Å². The molecule has 1 fully saturated rings. The lowest BCUT2D eigenvalue weighted by molar-refractivity contribution is -0.134. The fraction of sp³-hybridized carbons (Fsp3) is 0.346. The van der Waals surface area contributed by atoms with E-state index < -0.39 is 0 Å². The van der Waals surface area contributed by atoms with Gasteiger partial charge in [0.1, 0.15) is 11.5 Å². The molecule has 0 saturated carbocycles. The van der Waals surface area contributed by atoms with E-state index in [1.165, 1.54) is 5.56 Å². The zero-order valence-corrected chi connectivity index (χ0v) is 18.9. The molecule has 2 aliphatic rings. The van der Waals surface area contributed by atoms with Crippen molar-refractivity contribution < 1.29 is 14.3 Å². The van der Waals surface area contributed by atoms with Crippen LogP contribution in [0.1, 0.15) is 29.7 Å². The zero-order valence-electron chi connectivity index (χ0n) is 18.9. The van der Waals surface area contributed by atoms with Crippen LogP contribution < -0.4 is 14.4 Å². The standard InChI is InChI=1S/C26H28N4O3/c1-19-9-11-21(12-10-19)33-25-22-17-30(24(31)18-32-20-7-3-2-4-8-20)16-13-23(22)27-26(28-25)29-14-5-6-15-29/h2-4,7-12H,5-6,13-18H2,1H3. The van der Waals surface area contributed by atoms with Crippen molar-refractivity contribution in [1.29, 1.82) is 0 Å². The van der Waals surface area contributed by atoms with E-state index in [1.807, 2.05) is 61.5 Å². The molecule has 2 aromatic carbocycles. The Morgan fingerprint density at radius 3 is 2.45 bits per heavy atom. The molecule has 0 bridgehead atoms. The molecule has 5 rings (SSSR count). The number of nitrogens with zero attached hydrogens (tertiary/aromatic N) is 4. The first-order valence-electron chi connectivity index (χ1n) is 11.5. The Labute approximate surface area is 194 Å². The summed E-state index contributed by atoms with van der Waals surface area (Å²) < 4.78 is 11.9. The second-order valence-corrected chi connectivity index (χ2v) is 8.53. The van der Waals surface area contributed by atoms with Crippen molar-refractivity contribution in [2.45, 2.75) is 32.7 Å². The van der Waals surface area contributed by atoms with Gasteiger partial charge in [-0.2, -0.15) is 4.98 Å². The van der Waals surface area contributed by atoms with Gasteiger partial charge in [0.15, 0.2) is 6.61 Å². The predicted molar refractivity (Wildman–Crippen MR) is 126 cm³/mol. The largest absolute Gasteiger partial charge is 0.484 e. The lowest BCUT2D eigenvalue weighted by Gasteiger charge is -2.30. The highest BCUT2D eigenvalue weighted by molar-refractivity contribution is 5.78. The van der Waals surface area contributed by atoms with Gasteiger partial charge < -0.3 is 19.3 Å². The SMILES string of the molecule is Cc1ccc(Oc2nc(N3CCCC3)nc3c2CN(C(=O)COc2ccccc2)CC3)cc1. The van der Waals surface area contributed by atoms with E-state index >= 15 is 0 Å². The molecule has 0 radical (unpaired) electrons. The molecule has 0 N–H and O–H groups in total. The van der Waals surface area contributed by atoms with E-state index in [2.05, 4.69) is 4.90 Å². The average Bonchev–Trinajstić information content (AvgIpc) is 3.39. The normalized spacial score (nSPS) is 15.3. The van der Waals surface area contributed by atoms with Crippen LogP contribution in [0.25, 0.3) is 0 Å². The van der Waals surface area contributed by atoms with Gasteiger partial charge in [-0.05, 0) is 44.0 Å². The first-order chi connectivity index (χ1) is 16.2. The van der Waals surface area contributed by atoms with Gasteiger partial charge in [0, 0.05) is 26.1 Å². The van der Waals surface area contributed by atoms with Crippen LogP contribution in [0, 0.1) is 6.92 Å². The van der Waals surface area contributed by atoms with Gasteiger partial charge in [-0.1, -0.05) is 35.9 Å². The molecule has 1 aromatic heterocycles.